The lowest BCUT2D eigenvalue weighted by Gasteiger charge is -2.12. The number of hydrogen-bond acceptors (Lipinski definition) is 3. The van der Waals surface area contributed by atoms with Crippen molar-refractivity contribution >= 4 is 10.0 Å². The van der Waals surface area contributed by atoms with Crippen molar-refractivity contribution in [2.75, 3.05) is 0 Å². The second kappa shape index (κ2) is 6.34. The van der Waals surface area contributed by atoms with Crippen LogP contribution in [0, 0.1) is 0 Å². The molecule has 0 aliphatic rings. The Kier molecular flexibility index (Phi) is 4.25. The first kappa shape index (κ1) is 15.4. The molecule has 5 heteroatoms. The van der Waals surface area contributed by atoms with Crippen LogP contribution < -0.4 is 4.89 Å². The normalized spacial score (nSPS) is 11.3. The summed E-state index contributed by atoms with van der Waals surface area (Å²) in [4.78, 5) is 1.43. The number of benzene rings is 3. The Morgan fingerprint density at radius 3 is 1.83 bits per heavy atom. The minimum Gasteiger partial charge on any atom is -0.302 e. The van der Waals surface area contributed by atoms with Crippen LogP contribution in [-0.2, 0) is 10.0 Å². The quantitative estimate of drug-likeness (QED) is 0.719. The van der Waals surface area contributed by atoms with Gasteiger partial charge in [-0.2, -0.15) is 0 Å². The average Bonchev–Trinajstić information content (AvgIpc) is 2.62. The van der Waals surface area contributed by atoms with E-state index in [2.05, 4.69) is 0 Å². The van der Waals surface area contributed by atoms with Crippen LogP contribution >= 0.6 is 0 Å². The zero-order chi connectivity index (χ0) is 16.3. The molecule has 0 saturated carbocycles. The Hall–Kier alpha value is -2.47. The molecule has 0 spiro atoms. The average molecular weight is 325 g/mol. The van der Waals surface area contributed by atoms with E-state index in [0.29, 0.717) is 5.56 Å². The first-order valence-electron chi connectivity index (χ1n) is 7.02. The zero-order valence-electron chi connectivity index (χ0n) is 12.2. The molecule has 23 heavy (non-hydrogen) atoms. The molecule has 0 amide bonds. The lowest BCUT2D eigenvalue weighted by molar-refractivity contribution is 0.242. The molecule has 0 bridgehead atoms. The van der Waals surface area contributed by atoms with Gasteiger partial charge in [0.1, 0.15) is 0 Å². The summed E-state index contributed by atoms with van der Waals surface area (Å²) >= 11 is 0. The van der Waals surface area contributed by atoms with E-state index in [9.17, 15) is 8.42 Å². The molecule has 2 N–H and O–H groups in total. The molecule has 0 atom stereocenters. The lowest BCUT2D eigenvalue weighted by atomic mass is 9.99. The molecule has 0 radical (unpaired) electrons. The fourth-order valence-electron chi connectivity index (χ4n) is 2.47. The Morgan fingerprint density at radius 2 is 1.26 bits per heavy atom. The first-order chi connectivity index (χ1) is 11.1. The molecule has 3 aromatic rings. The second-order valence-corrected chi connectivity index (χ2v) is 6.67. The van der Waals surface area contributed by atoms with Crippen LogP contribution in [-0.4, -0.2) is 13.6 Å². The molecule has 3 rings (SSSR count). The Morgan fingerprint density at radius 1 is 0.696 bits per heavy atom. The fourth-order valence-corrected chi connectivity index (χ4v) is 3.28. The summed E-state index contributed by atoms with van der Waals surface area (Å²) in [5, 5.41) is 8.97. The standard InChI is InChI=1S/C18H15NO3S/c20-19-23(21,22)18-12-11-16(14-7-3-1-4-8-14)13-17(18)15-9-5-2-6-10-15/h1-13,19-20H. The van der Waals surface area contributed by atoms with E-state index in [4.69, 9.17) is 5.21 Å². The van der Waals surface area contributed by atoms with Crippen LogP contribution in [0.3, 0.4) is 0 Å². The van der Waals surface area contributed by atoms with Crippen molar-refractivity contribution in [3.63, 3.8) is 0 Å². The third-order valence-corrected chi connectivity index (χ3v) is 4.76. The molecule has 0 unspecified atom stereocenters. The van der Waals surface area contributed by atoms with E-state index < -0.39 is 10.0 Å². The minimum absolute atomic E-state index is 0.0332. The van der Waals surface area contributed by atoms with Crippen LogP contribution in [0.2, 0.25) is 0 Å². The van der Waals surface area contributed by atoms with Gasteiger partial charge in [0, 0.05) is 5.56 Å². The summed E-state index contributed by atoms with van der Waals surface area (Å²) in [7, 11) is -3.97. The van der Waals surface area contributed by atoms with Gasteiger partial charge in [-0.3, -0.25) is 0 Å². The Bertz CT molecular complexity index is 908. The maximum Gasteiger partial charge on any atom is 0.262 e. The summed E-state index contributed by atoms with van der Waals surface area (Å²) in [6, 6.07) is 24.0. The zero-order valence-corrected chi connectivity index (χ0v) is 13.0. The monoisotopic (exact) mass is 325 g/mol. The highest BCUT2D eigenvalue weighted by Crippen LogP contribution is 2.32. The molecule has 0 aromatic heterocycles. The number of sulfonamides is 1. The highest BCUT2D eigenvalue weighted by atomic mass is 32.2. The van der Waals surface area contributed by atoms with Gasteiger partial charge in [-0.25, -0.2) is 8.42 Å². The van der Waals surface area contributed by atoms with E-state index in [1.54, 1.807) is 6.07 Å². The van der Waals surface area contributed by atoms with Crippen molar-refractivity contribution in [3.05, 3.63) is 78.9 Å². The predicted molar refractivity (Wildman–Crippen MR) is 89.4 cm³/mol. The van der Waals surface area contributed by atoms with E-state index in [1.807, 2.05) is 66.7 Å². The summed E-state index contributed by atoms with van der Waals surface area (Å²) in [6.45, 7) is 0. The van der Waals surface area contributed by atoms with Crippen molar-refractivity contribution in [3.8, 4) is 22.3 Å². The molecule has 0 aliphatic carbocycles. The summed E-state index contributed by atoms with van der Waals surface area (Å²) < 4.78 is 24.2. The van der Waals surface area contributed by atoms with Gasteiger partial charge in [0.15, 0.2) is 0 Å². The van der Waals surface area contributed by atoms with E-state index in [0.717, 1.165) is 16.7 Å². The van der Waals surface area contributed by atoms with Gasteiger partial charge in [0.25, 0.3) is 10.0 Å². The van der Waals surface area contributed by atoms with Crippen molar-refractivity contribution < 1.29 is 13.6 Å². The lowest BCUT2D eigenvalue weighted by Crippen LogP contribution is -2.20. The number of rotatable bonds is 4. The highest BCUT2D eigenvalue weighted by molar-refractivity contribution is 7.89. The summed E-state index contributed by atoms with van der Waals surface area (Å²) in [5.41, 5.74) is 3.19. The van der Waals surface area contributed by atoms with Crippen molar-refractivity contribution in [1.82, 2.24) is 4.89 Å². The van der Waals surface area contributed by atoms with Gasteiger partial charge in [-0.15, -0.1) is 0 Å². The Balaban J connectivity index is 2.24. The topological polar surface area (TPSA) is 66.4 Å². The predicted octanol–water partition coefficient (Wildman–Crippen LogP) is 3.69. The highest BCUT2D eigenvalue weighted by Gasteiger charge is 2.19. The third-order valence-electron chi connectivity index (χ3n) is 3.58. The summed E-state index contributed by atoms with van der Waals surface area (Å²) in [6.07, 6.45) is 0. The van der Waals surface area contributed by atoms with Crippen LogP contribution in [0.1, 0.15) is 0 Å². The summed E-state index contributed by atoms with van der Waals surface area (Å²) in [5.74, 6) is 0. The first-order valence-corrected chi connectivity index (χ1v) is 8.51. The number of nitrogens with one attached hydrogen (secondary N) is 1. The van der Waals surface area contributed by atoms with Crippen LogP contribution in [0.25, 0.3) is 22.3 Å². The fraction of sp³-hybridized carbons (Fsp3) is 0. The van der Waals surface area contributed by atoms with Gasteiger partial charge in [-0.05, 0) is 28.8 Å². The smallest absolute Gasteiger partial charge is 0.262 e. The molecule has 116 valence electrons. The Labute approximate surface area is 135 Å². The van der Waals surface area contributed by atoms with Gasteiger partial charge in [-0.1, -0.05) is 71.6 Å². The van der Waals surface area contributed by atoms with E-state index >= 15 is 0 Å². The minimum atomic E-state index is -3.97. The molecular weight excluding hydrogens is 310 g/mol. The molecule has 0 saturated heterocycles. The van der Waals surface area contributed by atoms with Crippen molar-refractivity contribution in [2.24, 2.45) is 0 Å². The maximum atomic E-state index is 12.1. The van der Waals surface area contributed by atoms with E-state index in [-0.39, 0.29) is 4.90 Å². The van der Waals surface area contributed by atoms with Gasteiger partial charge in [0.2, 0.25) is 0 Å². The van der Waals surface area contributed by atoms with Crippen LogP contribution in [0.5, 0.6) is 0 Å². The number of hydrogen-bond donors (Lipinski definition) is 2. The molecule has 0 heterocycles. The van der Waals surface area contributed by atoms with E-state index in [1.165, 1.54) is 11.0 Å². The largest absolute Gasteiger partial charge is 0.302 e. The van der Waals surface area contributed by atoms with Crippen LogP contribution in [0.4, 0.5) is 0 Å². The van der Waals surface area contributed by atoms with Gasteiger partial charge >= 0.3 is 0 Å². The SMILES string of the molecule is O=S(=O)(NO)c1ccc(-c2ccccc2)cc1-c1ccccc1. The molecule has 4 nitrogen and oxygen atoms in total. The third kappa shape index (κ3) is 3.17. The van der Waals surface area contributed by atoms with Crippen molar-refractivity contribution in [1.29, 1.82) is 0 Å². The molecule has 0 fully saturated rings. The molecular formula is C18H15NO3S. The van der Waals surface area contributed by atoms with Crippen molar-refractivity contribution in [2.45, 2.75) is 4.90 Å². The maximum absolute atomic E-state index is 12.1. The van der Waals surface area contributed by atoms with Gasteiger partial charge < -0.3 is 5.21 Å². The molecule has 0 aliphatic heterocycles. The van der Waals surface area contributed by atoms with Crippen LogP contribution in [0.15, 0.2) is 83.8 Å². The molecule has 3 aromatic carbocycles. The second-order valence-electron chi connectivity index (χ2n) is 5.04. The van der Waals surface area contributed by atoms with Gasteiger partial charge in [0.05, 0.1) is 4.90 Å².